The molecule has 0 aliphatic rings. The highest BCUT2D eigenvalue weighted by Gasteiger charge is 2.07. The van der Waals surface area contributed by atoms with Crippen LogP contribution in [-0.4, -0.2) is 16.5 Å². The van der Waals surface area contributed by atoms with Gasteiger partial charge in [-0.2, -0.15) is 0 Å². The van der Waals surface area contributed by atoms with Crippen molar-refractivity contribution in [1.82, 2.24) is 9.38 Å². The van der Waals surface area contributed by atoms with Gasteiger partial charge in [0.25, 0.3) is 0 Å². The van der Waals surface area contributed by atoms with Crippen molar-refractivity contribution in [2.45, 2.75) is 4.90 Å². The van der Waals surface area contributed by atoms with Gasteiger partial charge in [-0.15, -0.1) is 12.6 Å². The summed E-state index contributed by atoms with van der Waals surface area (Å²) >= 11 is 4.46. The Bertz CT molecular complexity index is 706. The molecule has 0 N–H and O–H groups in total. The van der Waals surface area contributed by atoms with Crippen LogP contribution in [0, 0.1) is 0 Å². The molecule has 3 nitrogen and oxygen atoms in total. The zero-order chi connectivity index (χ0) is 12.5. The molecule has 90 valence electrons. The Morgan fingerprint density at radius 3 is 2.83 bits per heavy atom. The molecule has 2 aromatic heterocycles. The second-order valence-electron chi connectivity index (χ2n) is 3.98. The van der Waals surface area contributed by atoms with Crippen LogP contribution in [0.25, 0.3) is 16.9 Å². The van der Waals surface area contributed by atoms with E-state index in [1.807, 2.05) is 53.2 Å². The molecular formula is C14H12N2OS. The van der Waals surface area contributed by atoms with Crippen molar-refractivity contribution in [2.75, 3.05) is 7.11 Å². The fraction of sp³-hybridized carbons (Fsp3) is 0.0714. The predicted octanol–water partition coefficient (Wildman–Crippen LogP) is 3.30. The topological polar surface area (TPSA) is 26.5 Å². The third-order valence-electron chi connectivity index (χ3n) is 2.85. The lowest BCUT2D eigenvalue weighted by Crippen LogP contribution is -1.86. The number of nitrogens with zero attached hydrogens (tertiary/aromatic N) is 2. The van der Waals surface area contributed by atoms with E-state index in [2.05, 4.69) is 17.6 Å². The summed E-state index contributed by atoms with van der Waals surface area (Å²) in [5, 5.41) is 0. The van der Waals surface area contributed by atoms with Crippen LogP contribution in [0.3, 0.4) is 0 Å². The van der Waals surface area contributed by atoms with Crippen molar-refractivity contribution in [3.63, 3.8) is 0 Å². The van der Waals surface area contributed by atoms with Crippen LogP contribution in [0.15, 0.2) is 53.7 Å². The number of benzene rings is 1. The molecule has 18 heavy (non-hydrogen) atoms. The van der Waals surface area contributed by atoms with E-state index in [4.69, 9.17) is 4.74 Å². The highest BCUT2D eigenvalue weighted by Crippen LogP contribution is 2.26. The van der Waals surface area contributed by atoms with Gasteiger partial charge in [0.05, 0.1) is 12.8 Å². The third kappa shape index (κ3) is 1.84. The highest BCUT2D eigenvalue weighted by molar-refractivity contribution is 7.80. The molecule has 1 aromatic carbocycles. The Morgan fingerprint density at radius 1 is 1.22 bits per heavy atom. The van der Waals surface area contributed by atoms with Crippen LogP contribution >= 0.6 is 12.6 Å². The minimum absolute atomic E-state index is 0.804. The number of hydrogen-bond acceptors (Lipinski definition) is 3. The summed E-state index contributed by atoms with van der Waals surface area (Å²) in [4.78, 5) is 5.51. The van der Waals surface area contributed by atoms with E-state index in [0.717, 1.165) is 27.5 Å². The first-order chi connectivity index (χ1) is 8.78. The van der Waals surface area contributed by atoms with Gasteiger partial charge in [0, 0.05) is 28.9 Å². The van der Waals surface area contributed by atoms with Crippen LogP contribution in [0.5, 0.6) is 5.75 Å². The molecule has 3 rings (SSSR count). The maximum absolute atomic E-state index is 5.19. The smallest absolute Gasteiger partial charge is 0.141 e. The third-order valence-corrected chi connectivity index (χ3v) is 3.24. The average molecular weight is 256 g/mol. The largest absolute Gasteiger partial charge is 0.497 e. The number of ether oxygens (including phenoxy) is 1. The van der Waals surface area contributed by atoms with Gasteiger partial charge in [-0.3, -0.25) is 0 Å². The summed E-state index contributed by atoms with van der Waals surface area (Å²) in [6.45, 7) is 0. The van der Waals surface area contributed by atoms with Gasteiger partial charge in [-0.25, -0.2) is 4.98 Å². The molecule has 0 atom stereocenters. The lowest BCUT2D eigenvalue weighted by Gasteiger charge is -1.98. The zero-order valence-corrected chi connectivity index (χ0v) is 10.8. The van der Waals surface area contributed by atoms with E-state index < -0.39 is 0 Å². The molecule has 0 aliphatic carbocycles. The van der Waals surface area contributed by atoms with Gasteiger partial charge in [0.15, 0.2) is 0 Å². The second-order valence-corrected chi connectivity index (χ2v) is 4.46. The minimum Gasteiger partial charge on any atom is -0.497 e. The maximum Gasteiger partial charge on any atom is 0.141 e. The van der Waals surface area contributed by atoms with Crippen molar-refractivity contribution in [2.24, 2.45) is 0 Å². The molecule has 0 bridgehead atoms. The highest BCUT2D eigenvalue weighted by atomic mass is 32.1. The summed E-state index contributed by atoms with van der Waals surface area (Å²) in [7, 11) is 1.65. The van der Waals surface area contributed by atoms with Crippen LogP contribution in [-0.2, 0) is 0 Å². The number of rotatable bonds is 2. The Balaban J connectivity index is 2.17. The molecule has 0 radical (unpaired) electrons. The standard InChI is InChI=1S/C14H12N2OS/c1-17-10-6-7-16-9-12(15-14(16)8-10)11-4-2-3-5-13(11)18/h2-9,18H,1H3. The monoisotopic (exact) mass is 256 g/mol. The molecule has 0 amide bonds. The molecule has 0 saturated carbocycles. The fourth-order valence-electron chi connectivity index (χ4n) is 1.91. The summed E-state index contributed by atoms with van der Waals surface area (Å²) in [5.41, 5.74) is 2.80. The molecule has 0 saturated heterocycles. The SMILES string of the molecule is COc1ccn2cc(-c3ccccc3S)nc2c1. The van der Waals surface area contributed by atoms with Crippen molar-refractivity contribution in [3.05, 3.63) is 48.8 Å². The number of aromatic nitrogens is 2. The van der Waals surface area contributed by atoms with Crippen molar-refractivity contribution in [1.29, 1.82) is 0 Å². The number of pyridine rings is 1. The van der Waals surface area contributed by atoms with Crippen molar-refractivity contribution >= 4 is 18.3 Å². The van der Waals surface area contributed by atoms with E-state index in [0.29, 0.717) is 0 Å². The number of hydrogen-bond donors (Lipinski definition) is 1. The summed E-state index contributed by atoms with van der Waals surface area (Å²) < 4.78 is 7.16. The average Bonchev–Trinajstić information content (AvgIpc) is 2.81. The quantitative estimate of drug-likeness (QED) is 0.712. The first-order valence-corrected chi connectivity index (χ1v) is 6.04. The number of fused-ring (bicyclic) bond motifs is 1. The summed E-state index contributed by atoms with van der Waals surface area (Å²) in [6, 6.07) is 11.7. The molecule has 0 unspecified atom stereocenters. The second kappa shape index (κ2) is 4.38. The molecule has 0 spiro atoms. The lowest BCUT2D eigenvalue weighted by atomic mass is 10.2. The molecular weight excluding hydrogens is 244 g/mol. The van der Waals surface area contributed by atoms with Crippen LogP contribution in [0.1, 0.15) is 0 Å². The predicted molar refractivity (Wildman–Crippen MR) is 74.4 cm³/mol. The Labute approximate surface area is 110 Å². The van der Waals surface area contributed by atoms with E-state index in [1.54, 1.807) is 7.11 Å². The molecule has 0 aliphatic heterocycles. The minimum atomic E-state index is 0.804. The van der Waals surface area contributed by atoms with E-state index in [9.17, 15) is 0 Å². The Hall–Kier alpha value is -1.94. The van der Waals surface area contributed by atoms with Crippen LogP contribution in [0.4, 0.5) is 0 Å². The fourth-order valence-corrected chi connectivity index (χ4v) is 2.19. The van der Waals surface area contributed by atoms with Crippen molar-refractivity contribution < 1.29 is 4.74 Å². The lowest BCUT2D eigenvalue weighted by molar-refractivity contribution is 0.414. The van der Waals surface area contributed by atoms with Gasteiger partial charge >= 0.3 is 0 Å². The first kappa shape index (κ1) is 11.2. The normalized spacial score (nSPS) is 10.8. The number of methoxy groups -OCH3 is 1. The van der Waals surface area contributed by atoms with Crippen LogP contribution in [0.2, 0.25) is 0 Å². The first-order valence-electron chi connectivity index (χ1n) is 5.59. The molecule has 4 heteroatoms. The van der Waals surface area contributed by atoms with Crippen LogP contribution < -0.4 is 4.74 Å². The Kier molecular flexibility index (Phi) is 2.72. The van der Waals surface area contributed by atoms with Crippen molar-refractivity contribution in [3.8, 4) is 17.0 Å². The maximum atomic E-state index is 5.19. The van der Waals surface area contributed by atoms with E-state index >= 15 is 0 Å². The zero-order valence-electron chi connectivity index (χ0n) is 9.87. The van der Waals surface area contributed by atoms with Gasteiger partial charge in [0.2, 0.25) is 0 Å². The Morgan fingerprint density at radius 2 is 2.06 bits per heavy atom. The number of thiol groups is 1. The van der Waals surface area contributed by atoms with Gasteiger partial charge in [-0.05, 0) is 12.1 Å². The van der Waals surface area contributed by atoms with Gasteiger partial charge in [0.1, 0.15) is 11.4 Å². The number of imidazole rings is 1. The van der Waals surface area contributed by atoms with E-state index in [1.165, 1.54) is 0 Å². The molecule has 2 heterocycles. The summed E-state index contributed by atoms with van der Waals surface area (Å²) in [5.74, 6) is 0.804. The van der Waals surface area contributed by atoms with E-state index in [-0.39, 0.29) is 0 Å². The molecule has 3 aromatic rings. The van der Waals surface area contributed by atoms with Gasteiger partial charge < -0.3 is 9.14 Å². The summed E-state index contributed by atoms with van der Waals surface area (Å²) in [6.07, 6.45) is 3.93. The van der Waals surface area contributed by atoms with Gasteiger partial charge in [-0.1, -0.05) is 18.2 Å². The molecule has 0 fully saturated rings.